The number of hydrogen-bond donors (Lipinski definition) is 2. The zero-order valence-electron chi connectivity index (χ0n) is 11.7. The Balaban J connectivity index is 1.81. The van der Waals surface area contributed by atoms with E-state index in [2.05, 4.69) is 20.5 Å². The molecule has 108 valence electrons. The van der Waals surface area contributed by atoms with E-state index in [1.807, 2.05) is 60.7 Å². The minimum atomic E-state index is -0.230. The van der Waals surface area contributed by atoms with Crippen molar-refractivity contribution < 1.29 is 0 Å². The van der Waals surface area contributed by atoms with E-state index in [9.17, 15) is 4.79 Å². The van der Waals surface area contributed by atoms with Crippen LogP contribution in [0.2, 0.25) is 0 Å². The third kappa shape index (κ3) is 3.46. The van der Waals surface area contributed by atoms with Crippen molar-refractivity contribution in [1.29, 1.82) is 0 Å². The van der Waals surface area contributed by atoms with E-state index in [1.165, 1.54) is 6.07 Å². The standard InChI is InChI=1S/C17H14N4O/c22-16-11-15(14-9-5-2-6-10-14)19-17(20-16)21-18-12-13-7-3-1-4-8-13/h1-12H,(H2,19,20,21,22). The SMILES string of the molecule is O=c1cc(-c2ccccc2)nc(NN=Cc2ccccc2)[nH]1. The molecule has 0 aliphatic carbocycles. The van der Waals surface area contributed by atoms with Gasteiger partial charge in [0, 0.05) is 11.6 Å². The fraction of sp³-hybridized carbons (Fsp3) is 0. The van der Waals surface area contributed by atoms with Crippen molar-refractivity contribution in [3.63, 3.8) is 0 Å². The molecule has 0 amide bonds. The average Bonchev–Trinajstić information content (AvgIpc) is 2.56. The Kier molecular flexibility index (Phi) is 4.06. The van der Waals surface area contributed by atoms with Crippen molar-refractivity contribution in [3.8, 4) is 11.3 Å². The molecule has 0 aliphatic heterocycles. The summed E-state index contributed by atoms with van der Waals surface area (Å²) in [5.74, 6) is 0.304. The summed E-state index contributed by atoms with van der Waals surface area (Å²) in [6.45, 7) is 0. The van der Waals surface area contributed by atoms with Gasteiger partial charge in [0.15, 0.2) is 0 Å². The lowest BCUT2D eigenvalue weighted by atomic mass is 10.1. The van der Waals surface area contributed by atoms with Gasteiger partial charge in [0.1, 0.15) is 0 Å². The number of aromatic amines is 1. The number of nitrogens with one attached hydrogen (secondary N) is 2. The van der Waals surface area contributed by atoms with Crippen LogP contribution in [0.15, 0.2) is 76.6 Å². The van der Waals surface area contributed by atoms with Gasteiger partial charge in [-0.05, 0) is 5.56 Å². The normalized spacial score (nSPS) is 10.7. The molecule has 0 unspecified atom stereocenters. The monoisotopic (exact) mass is 290 g/mol. The van der Waals surface area contributed by atoms with Gasteiger partial charge in [-0.3, -0.25) is 9.78 Å². The zero-order valence-corrected chi connectivity index (χ0v) is 11.7. The summed E-state index contributed by atoms with van der Waals surface area (Å²) >= 11 is 0. The Labute approximate surface area is 127 Å². The van der Waals surface area contributed by atoms with Crippen molar-refractivity contribution >= 4 is 12.2 Å². The van der Waals surface area contributed by atoms with Gasteiger partial charge in [0.2, 0.25) is 5.95 Å². The van der Waals surface area contributed by atoms with Gasteiger partial charge in [-0.25, -0.2) is 10.4 Å². The molecule has 0 saturated carbocycles. The number of hydrazone groups is 1. The highest BCUT2D eigenvalue weighted by molar-refractivity contribution is 5.79. The zero-order chi connectivity index (χ0) is 15.2. The molecule has 1 heterocycles. The molecule has 0 bridgehead atoms. The molecular formula is C17H14N4O. The molecule has 3 aromatic rings. The van der Waals surface area contributed by atoms with Crippen molar-refractivity contribution in [2.75, 3.05) is 5.43 Å². The maximum Gasteiger partial charge on any atom is 0.252 e. The van der Waals surface area contributed by atoms with Crippen LogP contribution in [-0.2, 0) is 0 Å². The number of hydrogen-bond acceptors (Lipinski definition) is 4. The van der Waals surface area contributed by atoms with Crippen molar-refractivity contribution in [3.05, 3.63) is 82.6 Å². The average molecular weight is 290 g/mol. The summed E-state index contributed by atoms with van der Waals surface area (Å²) < 4.78 is 0. The van der Waals surface area contributed by atoms with E-state index in [4.69, 9.17) is 0 Å². The predicted octanol–water partition coefficient (Wildman–Crippen LogP) is 2.88. The van der Waals surface area contributed by atoms with Gasteiger partial charge < -0.3 is 0 Å². The summed E-state index contributed by atoms with van der Waals surface area (Å²) in [6, 6.07) is 20.6. The molecular weight excluding hydrogens is 276 g/mol. The van der Waals surface area contributed by atoms with E-state index in [1.54, 1.807) is 6.21 Å². The lowest BCUT2D eigenvalue weighted by Crippen LogP contribution is -2.10. The first-order valence-corrected chi connectivity index (χ1v) is 6.82. The number of nitrogens with zero attached hydrogens (tertiary/aromatic N) is 2. The molecule has 0 atom stereocenters. The molecule has 5 heteroatoms. The second-order valence-corrected chi connectivity index (χ2v) is 4.63. The van der Waals surface area contributed by atoms with E-state index < -0.39 is 0 Å². The molecule has 5 nitrogen and oxygen atoms in total. The number of H-pyrrole nitrogens is 1. The smallest absolute Gasteiger partial charge is 0.252 e. The topological polar surface area (TPSA) is 70.1 Å². The quantitative estimate of drug-likeness (QED) is 0.573. The summed E-state index contributed by atoms with van der Waals surface area (Å²) in [6.07, 6.45) is 1.66. The molecule has 3 rings (SSSR count). The molecule has 1 aromatic heterocycles. The highest BCUT2D eigenvalue weighted by Gasteiger charge is 2.02. The first-order chi connectivity index (χ1) is 10.8. The van der Waals surface area contributed by atoms with Gasteiger partial charge in [-0.15, -0.1) is 0 Å². The van der Waals surface area contributed by atoms with Gasteiger partial charge in [-0.2, -0.15) is 5.10 Å². The van der Waals surface area contributed by atoms with E-state index in [0.29, 0.717) is 11.6 Å². The highest BCUT2D eigenvalue weighted by Crippen LogP contribution is 2.15. The van der Waals surface area contributed by atoms with Crippen molar-refractivity contribution in [1.82, 2.24) is 9.97 Å². The first kappa shape index (κ1) is 13.8. The van der Waals surface area contributed by atoms with Crippen LogP contribution in [0, 0.1) is 0 Å². The third-order valence-corrected chi connectivity index (χ3v) is 2.99. The van der Waals surface area contributed by atoms with Gasteiger partial charge in [0.05, 0.1) is 11.9 Å². The fourth-order valence-electron chi connectivity index (χ4n) is 1.97. The van der Waals surface area contributed by atoms with Crippen LogP contribution in [-0.4, -0.2) is 16.2 Å². The lowest BCUT2D eigenvalue weighted by molar-refractivity contribution is 1.09. The van der Waals surface area contributed by atoms with E-state index >= 15 is 0 Å². The number of benzene rings is 2. The molecule has 2 aromatic carbocycles. The largest absolute Gasteiger partial charge is 0.291 e. The van der Waals surface area contributed by atoms with Crippen molar-refractivity contribution in [2.45, 2.75) is 0 Å². The van der Waals surface area contributed by atoms with E-state index in [0.717, 1.165) is 11.1 Å². The first-order valence-electron chi connectivity index (χ1n) is 6.82. The second kappa shape index (κ2) is 6.49. The van der Waals surface area contributed by atoms with Crippen LogP contribution in [0.25, 0.3) is 11.3 Å². The summed E-state index contributed by atoms with van der Waals surface area (Å²) in [5.41, 5.74) is 4.95. The van der Waals surface area contributed by atoms with Crippen LogP contribution >= 0.6 is 0 Å². The summed E-state index contributed by atoms with van der Waals surface area (Å²) in [5, 5.41) is 4.08. The van der Waals surface area contributed by atoms with Crippen LogP contribution in [0.4, 0.5) is 5.95 Å². The predicted molar refractivity (Wildman–Crippen MR) is 88.0 cm³/mol. The minimum Gasteiger partial charge on any atom is -0.291 e. The van der Waals surface area contributed by atoms with E-state index in [-0.39, 0.29) is 5.56 Å². The fourth-order valence-corrected chi connectivity index (χ4v) is 1.97. The summed E-state index contributed by atoms with van der Waals surface area (Å²) in [4.78, 5) is 18.7. The van der Waals surface area contributed by atoms with Gasteiger partial charge >= 0.3 is 0 Å². The van der Waals surface area contributed by atoms with Gasteiger partial charge in [-0.1, -0.05) is 60.7 Å². The molecule has 0 radical (unpaired) electrons. The minimum absolute atomic E-state index is 0.230. The molecule has 0 fully saturated rings. The second-order valence-electron chi connectivity index (χ2n) is 4.63. The van der Waals surface area contributed by atoms with Crippen LogP contribution in [0.5, 0.6) is 0 Å². The molecule has 0 aliphatic rings. The Morgan fingerprint density at radius 2 is 1.68 bits per heavy atom. The number of rotatable bonds is 4. The molecule has 22 heavy (non-hydrogen) atoms. The number of anilines is 1. The Morgan fingerprint density at radius 3 is 2.41 bits per heavy atom. The van der Waals surface area contributed by atoms with Gasteiger partial charge in [0.25, 0.3) is 5.56 Å². The van der Waals surface area contributed by atoms with Crippen molar-refractivity contribution in [2.24, 2.45) is 5.10 Å². The third-order valence-electron chi connectivity index (χ3n) is 2.99. The highest BCUT2D eigenvalue weighted by atomic mass is 16.1. The van der Waals surface area contributed by atoms with Crippen LogP contribution in [0.3, 0.4) is 0 Å². The van der Waals surface area contributed by atoms with Crippen LogP contribution < -0.4 is 11.0 Å². The Morgan fingerprint density at radius 1 is 1.00 bits per heavy atom. The molecule has 0 saturated heterocycles. The number of aromatic nitrogens is 2. The van der Waals surface area contributed by atoms with Crippen LogP contribution in [0.1, 0.15) is 5.56 Å². The molecule has 2 N–H and O–H groups in total. The maximum absolute atomic E-state index is 11.7. The molecule has 0 spiro atoms. The maximum atomic E-state index is 11.7. The lowest BCUT2D eigenvalue weighted by Gasteiger charge is -2.03. The summed E-state index contributed by atoms with van der Waals surface area (Å²) in [7, 11) is 0. The Hall–Kier alpha value is -3.21. The Bertz CT molecular complexity index is 826.